The van der Waals surface area contributed by atoms with Crippen molar-refractivity contribution in [1.82, 2.24) is 10.2 Å². The standard InChI is InChI=1S/C16H19N3O5S.K.H/c1-16(2)11(15(23)24)19-13(22)10(14(19)25-16)18-12(21)9(17)7-3-5-8(20)6-4-7;;/h3-6,9-11,14,20H,17H2,1-2H3,(H,18,21)(H,23,24);;/q;+1;-1/t9-,10-,11+,14-;;/m1../s1. The number of carbonyl (C=O) groups is 3. The normalized spacial score (nSPS) is 27.0. The number of fused-ring (bicyclic) bond motifs is 1. The van der Waals surface area contributed by atoms with Crippen molar-refractivity contribution in [1.29, 1.82) is 0 Å². The Morgan fingerprint density at radius 1 is 1.35 bits per heavy atom. The summed E-state index contributed by atoms with van der Waals surface area (Å²) in [6.07, 6.45) is 0. The van der Waals surface area contributed by atoms with Crippen LogP contribution < -0.4 is 62.4 Å². The minimum Gasteiger partial charge on any atom is -1.00 e. The minimum absolute atomic E-state index is 0. The van der Waals surface area contributed by atoms with E-state index < -0.39 is 46.0 Å². The summed E-state index contributed by atoms with van der Waals surface area (Å²) in [5.74, 6) is -1.94. The monoisotopic (exact) mass is 405 g/mol. The van der Waals surface area contributed by atoms with E-state index in [2.05, 4.69) is 5.32 Å². The number of benzene rings is 1. The van der Waals surface area contributed by atoms with Gasteiger partial charge in [0.2, 0.25) is 11.8 Å². The second kappa shape index (κ2) is 7.78. The molecule has 2 heterocycles. The number of rotatable bonds is 4. The smallest absolute Gasteiger partial charge is 1.00 e. The van der Waals surface area contributed by atoms with Crippen LogP contribution in [0.5, 0.6) is 5.75 Å². The third-order valence-corrected chi connectivity index (χ3v) is 6.08. The van der Waals surface area contributed by atoms with Crippen LogP contribution in [0.3, 0.4) is 0 Å². The fourth-order valence-corrected chi connectivity index (χ4v) is 4.85. The van der Waals surface area contributed by atoms with Crippen molar-refractivity contribution in [3.63, 3.8) is 0 Å². The molecule has 0 unspecified atom stereocenters. The van der Waals surface area contributed by atoms with E-state index in [4.69, 9.17) is 5.73 Å². The summed E-state index contributed by atoms with van der Waals surface area (Å²) in [5, 5.41) is 20.9. The van der Waals surface area contributed by atoms with E-state index in [0.717, 1.165) is 0 Å². The number of hydrogen-bond donors (Lipinski definition) is 4. The second-order valence-electron chi connectivity index (χ2n) is 6.65. The molecule has 2 fully saturated rings. The molecule has 1 aromatic rings. The Kier molecular flexibility index (Phi) is 6.49. The topological polar surface area (TPSA) is 133 Å². The average molecular weight is 406 g/mol. The minimum atomic E-state index is -1.06. The van der Waals surface area contributed by atoms with Gasteiger partial charge in [-0.05, 0) is 31.5 Å². The van der Waals surface area contributed by atoms with E-state index in [1.165, 1.54) is 40.9 Å². The van der Waals surface area contributed by atoms with Crippen LogP contribution in [-0.2, 0) is 14.4 Å². The van der Waals surface area contributed by atoms with Crippen molar-refractivity contribution in [3.8, 4) is 5.75 Å². The molecular formula is C16H20KN3O5S. The van der Waals surface area contributed by atoms with Gasteiger partial charge in [-0.2, -0.15) is 0 Å². The van der Waals surface area contributed by atoms with E-state index >= 15 is 0 Å². The van der Waals surface area contributed by atoms with E-state index in [9.17, 15) is 24.6 Å². The zero-order valence-electron chi connectivity index (χ0n) is 15.7. The number of carboxylic acids is 1. The number of amides is 2. The van der Waals surface area contributed by atoms with Gasteiger partial charge in [0.15, 0.2) is 0 Å². The SMILES string of the molecule is CC1(C)S[C@@H]2[C@H](NC(=O)[C@H](N)c3ccc(O)cc3)C(=O)N2[C@H]1C(=O)O.[H-].[K+]. The Balaban J connectivity index is 0.00000182. The first-order chi connectivity index (χ1) is 11.6. The molecule has 0 spiro atoms. The third kappa shape index (κ3) is 3.68. The molecule has 0 saturated carbocycles. The van der Waals surface area contributed by atoms with Gasteiger partial charge < -0.3 is 27.6 Å². The Hall–Kier alpha value is -0.624. The van der Waals surface area contributed by atoms with Gasteiger partial charge >= 0.3 is 57.4 Å². The van der Waals surface area contributed by atoms with Crippen molar-refractivity contribution in [3.05, 3.63) is 29.8 Å². The van der Waals surface area contributed by atoms with Gasteiger partial charge in [0, 0.05) is 4.75 Å². The number of aliphatic carboxylic acids is 1. The zero-order chi connectivity index (χ0) is 18.5. The molecule has 0 radical (unpaired) electrons. The molecule has 26 heavy (non-hydrogen) atoms. The van der Waals surface area contributed by atoms with E-state index in [1.54, 1.807) is 13.8 Å². The van der Waals surface area contributed by atoms with Crippen molar-refractivity contribution >= 4 is 29.5 Å². The number of aromatic hydroxyl groups is 1. The molecule has 8 nitrogen and oxygen atoms in total. The molecule has 4 atom stereocenters. The van der Waals surface area contributed by atoms with Crippen LogP contribution in [0, 0.1) is 0 Å². The van der Waals surface area contributed by atoms with Crippen LogP contribution in [0.4, 0.5) is 0 Å². The molecular weight excluding hydrogens is 385 g/mol. The van der Waals surface area contributed by atoms with Crippen molar-refractivity contribution in [2.75, 3.05) is 0 Å². The van der Waals surface area contributed by atoms with E-state index in [0.29, 0.717) is 5.56 Å². The molecule has 0 aromatic heterocycles. The quantitative estimate of drug-likeness (QED) is 0.313. The number of β-lactam (4-membered cyclic amide) rings is 1. The predicted octanol–water partition coefficient (Wildman–Crippen LogP) is -2.86. The molecule has 10 heteroatoms. The summed E-state index contributed by atoms with van der Waals surface area (Å²) in [5.41, 5.74) is 6.41. The Morgan fingerprint density at radius 2 is 1.92 bits per heavy atom. The molecule has 136 valence electrons. The number of nitrogens with one attached hydrogen (secondary N) is 1. The van der Waals surface area contributed by atoms with Crippen LogP contribution in [0.1, 0.15) is 26.9 Å². The third-order valence-electron chi connectivity index (χ3n) is 4.51. The summed E-state index contributed by atoms with van der Waals surface area (Å²) < 4.78 is -0.648. The first-order valence-electron chi connectivity index (χ1n) is 7.71. The summed E-state index contributed by atoms with van der Waals surface area (Å²) >= 11 is 1.35. The summed E-state index contributed by atoms with van der Waals surface area (Å²) in [7, 11) is 0. The molecule has 0 bridgehead atoms. The number of carbonyl (C=O) groups excluding carboxylic acids is 2. The van der Waals surface area contributed by atoms with Crippen LogP contribution in [0.25, 0.3) is 0 Å². The number of nitrogens with zero attached hydrogens (tertiary/aromatic N) is 1. The summed E-state index contributed by atoms with van der Waals surface area (Å²) in [6.45, 7) is 3.53. The number of carboxylic acid groups (broad SMARTS) is 1. The summed E-state index contributed by atoms with van der Waals surface area (Å²) in [6, 6.07) is 3.21. The van der Waals surface area contributed by atoms with Crippen LogP contribution in [0.2, 0.25) is 0 Å². The average Bonchev–Trinajstić information content (AvgIpc) is 2.80. The fourth-order valence-electron chi connectivity index (χ4n) is 3.22. The van der Waals surface area contributed by atoms with E-state index in [1.807, 2.05) is 0 Å². The molecule has 1 aromatic carbocycles. The van der Waals surface area contributed by atoms with Gasteiger partial charge in [0.05, 0.1) is 0 Å². The Morgan fingerprint density at radius 3 is 2.46 bits per heavy atom. The Bertz CT molecular complexity index is 748. The number of nitrogens with two attached hydrogens (primary N) is 1. The molecule has 2 aliphatic rings. The number of hydrogen-bond acceptors (Lipinski definition) is 6. The molecule has 0 aliphatic carbocycles. The van der Waals surface area contributed by atoms with Crippen molar-refractivity contribution < 1.29 is 77.4 Å². The molecule has 2 aliphatic heterocycles. The van der Waals surface area contributed by atoms with Gasteiger partial charge in [-0.1, -0.05) is 12.1 Å². The first kappa shape index (κ1) is 21.7. The maximum absolute atomic E-state index is 12.3. The van der Waals surface area contributed by atoms with Crippen molar-refractivity contribution in [2.45, 2.75) is 42.1 Å². The Labute approximate surface area is 198 Å². The molecule has 2 saturated heterocycles. The predicted molar refractivity (Wildman–Crippen MR) is 91.8 cm³/mol. The largest absolute Gasteiger partial charge is 1.00 e. The maximum atomic E-state index is 12.3. The number of thioether (sulfide) groups is 1. The molecule has 2 amide bonds. The van der Waals surface area contributed by atoms with Crippen molar-refractivity contribution in [2.24, 2.45) is 5.73 Å². The van der Waals surface area contributed by atoms with Gasteiger partial charge in [0.25, 0.3) is 0 Å². The van der Waals surface area contributed by atoms with Gasteiger partial charge in [-0.15, -0.1) is 11.8 Å². The van der Waals surface area contributed by atoms with Crippen LogP contribution >= 0.6 is 11.8 Å². The van der Waals surface area contributed by atoms with Gasteiger partial charge in [-0.3, -0.25) is 9.59 Å². The van der Waals surface area contributed by atoms with Crippen LogP contribution in [0.15, 0.2) is 24.3 Å². The molecule has 3 rings (SSSR count). The zero-order valence-corrected chi connectivity index (χ0v) is 18.6. The number of phenols is 1. The first-order valence-corrected chi connectivity index (χ1v) is 8.59. The van der Waals surface area contributed by atoms with Gasteiger partial charge in [-0.25, -0.2) is 4.79 Å². The second-order valence-corrected chi connectivity index (χ2v) is 8.42. The maximum Gasteiger partial charge on any atom is 1.00 e. The van der Waals surface area contributed by atoms with Crippen LogP contribution in [-0.4, -0.2) is 55.1 Å². The number of phenolic OH excluding ortho intramolecular Hbond substituents is 1. The fraction of sp³-hybridized carbons (Fsp3) is 0.438. The summed E-state index contributed by atoms with van der Waals surface area (Å²) in [4.78, 5) is 37.5. The molecule has 5 N–H and O–H groups in total. The van der Waals surface area contributed by atoms with E-state index in [-0.39, 0.29) is 58.6 Å². The van der Waals surface area contributed by atoms with Gasteiger partial charge in [0.1, 0.15) is 29.2 Å².